The maximum Gasteiger partial charge on any atom is 0.311 e. The summed E-state index contributed by atoms with van der Waals surface area (Å²) in [6, 6.07) is 9.05. The van der Waals surface area contributed by atoms with Gasteiger partial charge in [0.25, 0.3) is 0 Å². The Morgan fingerprint density at radius 3 is 2.65 bits per heavy atom. The minimum atomic E-state index is -0.585. The van der Waals surface area contributed by atoms with Crippen LogP contribution < -0.4 is 4.74 Å². The molecule has 4 nitrogen and oxygen atoms in total. The number of halogens is 1. The predicted molar refractivity (Wildman–Crippen MR) is 73.3 cm³/mol. The lowest BCUT2D eigenvalue weighted by Crippen LogP contribution is -2.01. The highest BCUT2D eigenvalue weighted by Gasteiger charge is 2.16. The maximum absolute atomic E-state index is 13.2. The van der Waals surface area contributed by atoms with E-state index in [0.717, 1.165) is 34.9 Å². The van der Waals surface area contributed by atoms with Gasteiger partial charge in [0.2, 0.25) is 0 Å². The zero-order chi connectivity index (χ0) is 14.7. The van der Waals surface area contributed by atoms with E-state index >= 15 is 0 Å². The van der Waals surface area contributed by atoms with Crippen molar-refractivity contribution < 1.29 is 14.1 Å². The molecular weight excluding hydrogens is 261 g/mol. The van der Waals surface area contributed by atoms with E-state index in [1.807, 2.05) is 32.0 Å². The molecule has 2 aromatic rings. The number of nitro groups is 1. The molecule has 5 heteroatoms. The topological polar surface area (TPSA) is 52.4 Å². The Morgan fingerprint density at radius 2 is 1.95 bits per heavy atom. The number of rotatable bonds is 4. The van der Waals surface area contributed by atoms with Crippen molar-refractivity contribution in [2.75, 3.05) is 0 Å². The van der Waals surface area contributed by atoms with Gasteiger partial charge in [-0.1, -0.05) is 23.8 Å². The first-order valence-corrected chi connectivity index (χ1v) is 6.10. The molecule has 20 heavy (non-hydrogen) atoms. The minimum absolute atomic E-state index is 0.0593. The highest BCUT2D eigenvalue weighted by molar-refractivity contribution is 5.46. The molecule has 0 aliphatic rings. The van der Waals surface area contributed by atoms with Crippen molar-refractivity contribution in [3.63, 3.8) is 0 Å². The van der Waals surface area contributed by atoms with Crippen LogP contribution in [0.4, 0.5) is 10.1 Å². The second kappa shape index (κ2) is 5.69. The molecule has 2 rings (SSSR count). The van der Waals surface area contributed by atoms with Crippen molar-refractivity contribution in [1.29, 1.82) is 0 Å². The van der Waals surface area contributed by atoms with Gasteiger partial charge in [-0.3, -0.25) is 10.1 Å². The number of hydrogen-bond donors (Lipinski definition) is 0. The van der Waals surface area contributed by atoms with Crippen LogP contribution in [-0.4, -0.2) is 4.92 Å². The molecule has 0 atom stereocenters. The summed E-state index contributed by atoms with van der Waals surface area (Å²) < 4.78 is 18.6. The van der Waals surface area contributed by atoms with Gasteiger partial charge in [-0.2, -0.15) is 0 Å². The van der Waals surface area contributed by atoms with Crippen molar-refractivity contribution in [2.24, 2.45) is 0 Å². The van der Waals surface area contributed by atoms with Gasteiger partial charge in [-0.05, 0) is 31.0 Å². The average molecular weight is 275 g/mol. The molecule has 0 bridgehead atoms. The van der Waals surface area contributed by atoms with E-state index in [4.69, 9.17) is 4.74 Å². The SMILES string of the molecule is Cc1ccc(C)c(COc2cc(F)ccc2[N+](=O)[O-])c1. The van der Waals surface area contributed by atoms with E-state index in [1.165, 1.54) is 0 Å². The molecule has 0 saturated carbocycles. The van der Waals surface area contributed by atoms with Crippen LogP contribution in [0.25, 0.3) is 0 Å². The van der Waals surface area contributed by atoms with Crippen LogP contribution in [0.15, 0.2) is 36.4 Å². The summed E-state index contributed by atoms with van der Waals surface area (Å²) in [7, 11) is 0. The van der Waals surface area contributed by atoms with E-state index in [-0.39, 0.29) is 18.0 Å². The fourth-order valence-corrected chi connectivity index (χ4v) is 1.87. The molecule has 0 N–H and O–H groups in total. The molecule has 0 heterocycles. The lowest BCUT2D eigenvalue weighted by Gasteiger charge is -2.10. The van der Waals surface area contributed by atoms with Crippen LogP contribution in [0.1, 0.15) is 16.7 Å². The second-order valence-corrected chi connectivity index (χ2v) is 4.59. The van der Waals surface area contributed by atoms with Gasteiger partial charge >= 0.3 is 5.69 Å². The number of nitrogens with zero attached hydrogens (tertiary/aromatic N) is 1. The Balaban J connectivity index is 2.24. The summed E-state index contributed by atoms with van der Waals surface area (Å²) in [4.78, 5) is 10.3. The smallest absolute Gasteiger partial charge is 0.311 e. The fourth-order valence-electron chi connectivity index (χ4n) is 1.87. The summed E-state index contributed by atoms with van der Waals surface area (Å²) in [5, 5.41) is 10.9. The molecule has 0 radical (unpaired) electrons. The first-order valence-electron chi connectivity index (χ1n) is 6.10. The zero-order valence-corrected chi connectivity index (χ0v) is 11.2. The Morgan fingerprint density at radius 1 is 1.20 bits per heavy atom. The fraction of sp³-hybridized carbons (Fsp3) is 0.200. The van der Waals surface area contributed by atoms with Crippen LogP contribution in [-0.2, 0) is 6.61 Å². The summed E-state index contributed by atoms with van der Waals surface area (Å²) in [6.45, 7) is 4.05. The Bertz CT molecular complexity index is 656. The van der Waals surface area contributed by atoms with Gasteiger partial charge in [-0.25, -0.2) is 4.39 Å². The molecule has 0 unspecified atom stereocenters. The van der Waals surface area contributed by atoms with E-state index in [1.54, 1.807) is 0 Å². The molecule has 0 amide bonds. The Labute approximate surface area is 116 Å². The van der Waals surface area contributed by atoms with Crippen molar-refractivity contribution in [1.82, 2.24) is 0 Å². The second-order valence-electron chi connectivity index (χ2n) is 4.59. The summed E-state index contributed by atoms with van der Waals surface area (Å²) in [5.41, 5.74) is 2.78. The van der Waals surface area contributed by atoms with E-state index < -0.39 is 10.7 Å². The molecule has 104 valence electrons. The van der Waals surface area contributed by atoms with Gasteiger partial charge < -0.3 is 4.74 Å². The molecule has 0 fully saturated rings. The number of benzene rings is 2. The van der Waals surface area contributed by atoms with Gasteiger partial charge in [0.05, 0.1) is 4.92 Å². The third-order valence-electron chi connectivity index (χ3n) is 3.01. The monoisotopic (exact) mass is 275 g/mol. The molecule has 2 aromatic carbocycles. The standard InChI is InChI=1S/C15H14FNO3/c1-10-3-4-11(2)12(7-10)9-20-15-8-13(16)5-6-14(15)17(18)19/h3-8H,9H2,1-2H3. The molecule has 0 aliphatic carbocycles. The zero-order valence-electron chi connectivity index (χ0n) is 11.2. The summed E-state index contributed by atoms with van der Waals surface area (Å²) >= 11 is 0. The van der Waals surface area contributed by atoms with E-state index in [0.29, 0.717) is 0 Å². The normalized spacial score (nSPS) is 10.3. The third kappa shape index (κ3) is 3.12. The molecular formula is C15H14FNO3. The minimum Gasteiger partial charge on any atom is -0.482 e. The van der Waals surface area contributed by atoms with Crippen LogP contribution in [0, 0.1) is 29.8 Å². The average Bonchev–Trinajstić information content (AvgIpc) is 2.39. The molecule has 0 saturated heterocycles. The van der Waals surface area contributed by atoms with Crippen molar-refractivity contribution in [2.45, 2.75) is 20.5 Å². The largest absolute Gasteiger partial charge is 0.482 e. The van der Waals surface area contributed by atoms with Gasteiger partial charge in [0.15, 0.2) is 5.75 Å². The molecule has 0 aromatic heterocycles. The van der Waals surface area contributed by atoms with Crippen LogP contribution >= 0.6 is 0 Å². The van der Waals surface area contributed by atoms with Crippen molar-refractivity contribution >= 4 is 5.69 Å². The maximum atomic E-state index is 13.2. The van der Waals surface area contributed by atoms with E-state index in [9.17, 15) is 14.5 Å². The molecule has 0 spiro atoms. The van der Waals surface area contributed by atoms with Crippen molar-refractivity contribution in [3.05, 3.63) is 69.0 Å². The quantitative estimate of drug-likeness (QED) is 0.627. The lowest BCUT2D eigenvalue weighted by atomic mass is 10.1. The van der Waals surface area contributed by atoms with Crippen molar-refractivity contribution in [3.8, 4) is 5.75 Å². The molecule has 0 aliphatic heterocycles. The van der Waals surface area contributed by atoms with Gasteiger partial charge in [0, 0.05) is 12.1 Å². The van der Waals surface area contributed by atoms with Crippen LogP contribution in [0.5, 0.6) is 5.75 Å². The highest BCUT2D eigenvalue weighted by atomic mass is 19.1. The number of nitro benzene ring substituents is 1. The summed E-state index contributed by atoms with van der Waals surface area (Å²) in [5.74, 6) is -0.623. The Hall–Kier alpha value is -2.43. The number of aryl methyl sites for hydroxylation is 2. The lowest BCUT2D eigenvalue weighted by molar-refractivity contribution is -0.386. The number of ether oxygens (including phenoxy) is 1. The summed E-state index contributed by atoms with van der Waals surface area (Å²) in [6.07, 6.45) is 0. The third-order valence-corrected chi connectivity index (χ3v) is 3.01. The predicted octanol–water partition coefficient (Wildman–Crippen LogP) is 3.93. The first-order chi connectivity index (χ1) is 9.47. The van der Waals surface area contributed by atoms with Crippen LogP contribution in [0.3, 0.4) is 0 Å². The number of hydrogen-bond acceptors (Lipinski definition) is 3. The highest BCUT2D eigenvalue weighted by Crippen LogP contribution is 2.28. The van der Waals surface area contributed by atoms with Crippen LogP contribution in [0.2, 0.25) is 0 Å². The van der Waals surface area contributed by atoms with E-state index in [2.05, 4.69) is 0 Å². The van der Waals surface area contributed by atoms with Gasteiger partial charge in [-0.15, -0.1) is 0 Å². The van der Waals surface area contributed by atoms with Gasteiger partial charge in [0.1, 0.15) is 12.4 Å². The first kappa shape index (κ1) is 14.0. The Kier molecular flexibility index (Phi) is 3.98.